The van der Waals surface area contributed by atoms with Crippen molar-refractivity contribution in [3.05, 3.63) is 89.5 Å². The molecule has 0 bridgehead atoms. The van der Waals surface area contributed by atoms with Gasteiger partial charge in [-0.3, -0.25) is 4.79 Å². The van der Waals surface area contributed by atoms with Crippen molar-refractivity contribution < 1.29 is 13.9 Å². The lowest BCUT2D eigenvalue weighted by atomic mass is 10.1. The van der Waals surface area contributed by atoms with Crippen molar-refractivity contribution in [3.8, 4) is 28.7 Å². The summed E-state index contributed by atoms with van der Waals surface area (Å²) >= 11 is 0. The Morgan fingerprint density at radius 3 is 2.35 bits per heavy atom. The van der Waals surface area contributed by atoms with E-state index in [1.54, 1.807) is 19.2 Å². The molecule has 1 amide bonds. The highest BCUT2D eigenvalue weighted by molar-refractivity contribution is 5.94. The summed E-state index contributed by atoms with van der Waals surface area (Å²) in [4.78, 5) is 12.4. The van der Waals surface area contributed by atoms with Gasteiger partial charge in [-0.1, -0.05) is 30.3 Å². The number of aromatic nitrogens is 2. The summed E-state index contributed by atoms with van der Waals surface area (Å²) in [5.41, 5.74) is 4.46. The van der Waals surface area contributed by atoms with E-state index in [-0.39, 0.29) is 5.91 Å². The van der Waals surface area contributed by atoms with E-state index in [1.807, 2.05) is 67.6 Å². The number of methoxy groups -OCH3 is 1. The van der Waals surface area contributed by atoms with Crippen molar-refractivity contribution in [1.82, 2.24) is 15.5 Å². The molecule has 1 N–H and O–H groups in total. The smallest absolute Gasteiger partial charge is 0.251 e. The number of ether oxygens (including phenoxy) is 1. The first-order valence-electron chi connectivity index (χ1n) is 10.0. The Kier molecular flexibility index (Phi) is 6.08. The first-order chi connectivity index (χ1) is 15.1. The Morgan fingerprint density at radius 2 is 1.65 bits per heavy atom. The Balaban J connectivity index is 1.36. The fourth-order valence-electron chi connectivity index (χ4n) is 3.24. The van der Waals surface area contributed by atoms with Crippen molar-refractivity contribution in [2.75, 3.05) is 13.7 Å². The molecule has 1 heterocycles. The van der Waals surface area contributed by atoms with E-state index >= 15 is 0 Å². The molecule has 0 saturated carbocycles. The van der Waals surface area contributed by atoms with Gasteiger partial charge in [0.2, 0.25) is 11.8 Å². The second-order valence-corrected chi connectivity index (χ2v) is 7.16. The number of hydrogen-bond acceptors (Lipinski definition) is 5. The van der Waals surface area contributed by atoms with Crippen LogP contribution in [0.4, 0.5) is 0 Å². The van der Waals surface area contributed by atoms with Gasteiger partial charge < -0.3 is 14.5 Å². The number of amides is 1. The van der Waals surface area contributed by atoms with E-state index in [0.717, 1.165) is 34.4 Å². The average Bonchev–Trinajstić information content (AvgIpc) is 3.30. The molecule has 4 aromatic rings. The maximum absolute atomic E-state index is 12.4. The van der Waals surface area contributed by atoms with Gasteiger partial charge in [0.05, 0.1) is 7.11 Å². The summed E-state index contributed by atoms with van der Waals surface area (Å²) in [6.07, 6.45) is 0.748. The van der Waals surface area contributed by atoms with E-state index in [0.29, 0.717) is 23.9 Å². The Labute approximate surface area is 180 Å². The molecule has 6 nitrogen and oxygen atoms in total. The van der Waals surface area contributed by atoms with Crippen LogP contribution in [-0.4, -0.2) is 29.8 Å². The minimum Gasteiger partial charge on any atom is -0.497 e. The zero-order chi connectivity index (χ0) is 21.6. The Hall–Kier alpha value is -3.93. The fraction of sp³-hybridized carbons (Fsp3) is 0.160. The van der Waals surface area contributed by atoms with Crippen LogP contribution in [0.15, 0.2) is 77.2 Å². The number of benzene rings is 3. The number of aryl methyl sites for hydroxylation is 1. The lowest BCUT2D eigenvalue weighted by molar-refractivity contribution is 0.0954. The van der Waals surface area contributed by atoms with Gasteiger partial charge in [-0.25, -0.2) is 0 Å². The van der Waals surface area contributed by atoms with Crippen LogP contribution in [0, 0.1) is 6.92 Å². The van der Waals surface area contributed by atoms with Crippen LogP contribution in [-0.2, 0) is 6.42 Å². The molecule has 0 aliphatic carbocycles. The van der Waals surface area contributed by atoms with Crippen molar-refractivity contribution >= 4 is 5.91 Å². The fourth-order valence-corrected chi connectivity index (χ4v) is 3.24. The lowest BCUT2D eigenvalue weighted by Gasteiger charge is -2.07. The second kappa shape index (κ2) is 9.26. The first-order valence-corrected chi connectivity index (χ1v) is 10.0. The van der Waals surface area contributed by atoms with Crippen LogP contribution in [0.2, 0.25) is 0 Å². The summed E-state index contributed by atoms with van der Waals surface area (Å²) in [7, 11) is 1.64. The molecule has 6 heteroatoms. The van der Waals surface area contributed by atoms with Crippen molar-refractivity contribution in [1.29, 1.82) is 0 Å². The van der Waals surface area contributed by atoms with Gasteiger partial charge in [-0.15, -0.1) is 10.2 Å². The van der Waals surface area contributed by atoms with Crippen LogP contribution in [0.1, 0.15) is 21.5 Å². The molecule has 0 fully saturated rings. The van der Waals surface area contributed by atoms with Gasteiger partial charge in [-0.05, 0) is 66.9 Å². The average molecular weight is 413 g/mol. The first kappa shape index (κ1) is 20.3. The predicted octanol–water partition coefficient (Wildman–Crippen LogP) is 4.69. The zero-order valence-corrected chi connectivity index (χ0v) is 17.5. The number of carbonyl (C=O) groups is 1. The zero-order valence-electron chi connectivity index (χ0n) is 17.5. The van der Waals surface area contributed by atoms with Crippen LogP contribution < -0.4 is 10.1 Å². The number of carbonyl (C=O) groups excluding carboxylic acids is 1. The molecule has 0 saturated heterocycles. The van der Waals surface area contributed by atoms with Gasteiger partial charge in [0, 0.05) is 23.2 Å². The van der Waals surface area contributed by atoms with Crippen molar-refractivity contribution in [2.24, 2.45) is 0 Å². The van der Waals surface area contributed by atoms with E-state index in [1.165, 1.54) is 0 Å². The van der Waals surface area contributed by atoms with Crippen molar-refractivity contribution in [2.45, 2.75) is 13.3 Å². The quantitative estimate of drug-likeness (QED) is 0.475. The van der Waals surface area contributed by atoms with E-state index in [4.69, 9.17) is 9.15 Å². The van der Waals surface area contributed by atoms with E-state index in [2.05, 4.69) is 15.5 Å². The minimum absolute atomic E-state index is 0.119. The molecule has 1 aromatic heterocycles. The normalized spacial score (nSPS) is 10.6. The molecule has 31 heavy (non-hydrogen) atoms. The SMILES string of the molecule is COc1ccc(CCNC(=O)c2ccc(-c3nnc(-c4ccccc4C)o3)cc2)cc1. The monoisotopic (exact) mass is 413 g/mol. The van der Waals surface area contributed by atoms with Crippen LogP contribution in [0.3, 0.4) is 0 Å². The van der Waals surface area contributed by atoms with Crippen LogP contribution in [0.25, 0.3) is 22.9 Å². The lowest BCUT2D eigenvalue weighted by Crippen LogP contribution is -2.25. The number of hydrogen-bond donors (Lipinski definition) is 1. The summed E-state index contributed by atoms with van der Waals surface area (Å²) < 4.78 is 11.0. The van der Waals surface area contributed by atoms with E-state index in [9.17, 15) is 4.79 Å². The van der Waals surface area contributed by atoms with Crippen LogP contribution in [0.5, 0.6) is 5.75 Å². The number of nitrogens with one attached hydrogen (secondary N) is 1. The molecule has 156 valence electrons. The summed E-state index contributed by atoms with van der Waals surface area (Å²) in [6.45, 7) is 2.55. The molecule has 4 rings (SSSR count). The molecule has 0 unspecified atom stereocenters. The second-order valence-electron chi connectivity index (χ2n) is 7.16. The van der Waals surface area contributed by atoms with Crippen LogP contribution >= 0.6 is 0 Å². The standard InChI is InChI=1S/C25H23N3O3/c1-17-5-3-4-6-22(17)25-28-27-24(31-25)20-11-9-19(10-12-20)23(29)26-16-15-18-7-13-21(30-2)14-8-18/h3-14H,15-16H2,1-2H3,(H,26,29). The summed E-state index contributed by atoms with van der Waals surface area (Å²) in [5.74, 6) is 1.60. The largest absolute Gasteiger partial charge is 0.497 e. The third-order valence-corrected chi connectivity index (χ3v) is 5.05. The maximum atomic E-state index is 12.4. The summed E-state index contributed by atoms with van der Waals surface area (Å²) in [6, 6.07) is 22.8. The number of rotatable bonds is 7. The molecular formula is C25H23N3O3. The third-order valence-electron chi connectivity index (χ3n) is 5.05. The topological polar surface area (TPSA) is 77.2 Å². The van der Waals surface area contributed by atoms with Gasteiger partial charge in [0.1, 0.15) is 5.75 Å². The third kappa shape index (κ3) is 4.80. The van der Waals surface area contributed by atoms with Gasteiger partial charge in [-0.2, -0.15) is 0 Å². The molecule has 0 aliphatic heterocycles. The number of nitrogens with zero attached hydrogens (tertiary/aromatic N) is 2. The predicted molar refractivity (Wildman–Crippen MR) is 119 cm³/mol. The molecule has 0 atom stereocenters. The molecule has 0 aliphatic rings. The maximum Gasteiger partial charge on any atom is 0.251 e. The van der Waals surface area contributed by atoms with Gasteiger partial charge in [0.15, 0.2) is 0 Å². The molecule has 0 spiro atoms. The van der Waals surface area contributed by atoms with Crippen molar-refractivity contribution in [3.63, 3.8) is 0 Å². The molecule has 0 radical (unpaired) electrons. The van der Waals surface area contributed by atoms with Gasteiger partial charge in [0.25, 0.3) is 5.91 Å². The molecular weight excluding hydrogens is 390 g/mol. The molecule has 3 aromatic carbocycles. The highest BCUT2D eigenvalue weighted by Gasteiger charge is 2.13. The highest BCUT2D eigenvalue weighted by atomic mass is 16.5. The Morgan fingerprint density at radius 1 is 0.935 bits per heavy atom. The highest BCUT2D eigenvalue weighted by Crippen LogP contribution is 2.26. The minimum atomic E-state index is -0.119. The van der Waals surface area contributed by atoms with E-state index < -0.39 is 0 Å². The Bertz CT molecular complexity index is 1170. The summed E-state index contributed by atoms with van der Waals surface area (Å²) in [5, 5.41) is 11.3. The van der Waals surface area contributed by atoms with Gasteiger partial charge >= 0.3 is 0 Å².